The second-order valence-electron chi connectivity index (χ2n) is 7.89. The molecule has 0 aliphatic rings. The molecule has 0 atom stereocenters. The van der Waals surface area contributed by atoms with Crippen molar-refractivity contribution in [2.24, 2.45) is 17.8 Å². The van der Waals surface area contributed by atoms with Gasteiger partial charge in [0.25, 0.3) is 0 Å². The molecule has 124 valence electrons. The van der Waals surface area contributed by atoms with Crippen LogP contribution in [0.3, 0.4) is 0 Å². The van der Waals surface area contributed by atoms with Crippen molar-refractivity contribution in [3.05, 3.63) is 60.2 Å². The van der Waals surface area contributed by atoms with Gasteiger partial charge in [0, 0.05) is 5.41 Å². The van der Waals surface area contributed by atoms with Crippen LogP contribution in [0.2, 0.25) is 0 Å². The summed E-state index contributed by atoms with van der Waals surface area (Å²) in [5, 5.41) is 0. The second-order valence-corrected chi connectivity index (χ2v) is 7.89. The van der Waals surface area contributed by atoms with Gasteiger partial charge in [-0.15, -0.1) is 0 Å². The van der Waals surface area contributed by atoms with E-state index in [4.69, 9.17) is 0 Å². The molecule has 2 rings (SSSR count). The largest absolute Gasteiger partial charge is 0.0627 e. The molecule has 0 unspecified atom stereocenters. The summed E-state index contributed by atoms with van der Waals surface area (Å²) in [6.07, 6.45) is 1.24. The lowest BCUT2D eigenvalue weighted by Crippen LogP contribution is -2.39. The SMILES string of the molecule is CC(C)CC(c1ccc(-c2ccccc2)cc1)(C(C)C)C(C)C. The highest BCUT2D eigenvalue weighted by molar-refractivity contribution is 5.63. The summed E-state index contributed by atoms with van der Waals surface area (Å²) in [6, 6.07) is 20.0. The fraction of sp³-hybridized carbons (Fsp3) is 0.478. The molecule has 0 fully saturated rings. The Bertz CT molecular complexity index is 580. The highest BCUT2D eigenvalue weighted by atomic mass is 14.4. The maximum absolute atomic E-state index is 2.38. The maximum atomic E-state index is 2.38. The maximum Gasteiger partial charge on any atom is 0.000138 e. The molecule has 0 aliphatic carbocycles. The molecule has 0 aliphatic heterocycles. The fourth-order valence-corrected chi connectivity index (χ4v) is 4.20. The standard InChI is InChI=1S/C23H32/c1-17(2)16-23(18(3)4,19(5)6)22-14-12-21(13-15-22)20-10-8-7-9-11-20/h7-15,17-19H,16H2,1-6H3. The number of rotatable bonds is 6. The van der Waals surface area contributed by atoms with Crippen LogP contribution in [-0.4, -0.2) is 0 Å². The molecule has 2 aromatic rings. The molecule has 2 aromatic carbocycles. The summed E-state index contributed by atoms with van der Waals surface area (Å²) in [4.78, 5) is 0. The van der Waals surface area contributed by atoms with E-state index < -0.39 is 0 Å². The lowest BCUT2D eigenvalue weighted by Gasteiger charge is -2.44. The normalized spacial score (nSPS) is 12.4. The van der Waals surface area contributed by atoms with Crippen LogP contribution in [0.4, 0.5) is 0 Å². The summed E-state index contributed by atoms with van der Waals surface area (Å²) in [7, 11) is 0. The van der Waals surface area contributed by atoms with E-state index in [2.05, 4.69) is 96.1 Å². The first-order chi connectivity index (χ1) is 10.9. The van der Waals surface area contributed by atoms with Crippen LogP contribution in [0.5, 0.6) is 0 Å². The Morgan fingerprint density at radius 2 is 1.13 bits per heavy atom. The van der Waals surface area contributed by atoms with Crippen LogP contribution < -0.4 is 0 Å². The monoisotopic (exact) mass is 308 g/mol. The molecular formula is C23H32. The minimum Gasteiger partial charge on any atom is -0.0627 e. The first kappa shape index (κ1) is 17.8. The topological polar surface area (TPSA) is 0 Å². The average molecular weight is 309 g/mol. The van der Waals surface area contributed by atoms with E-state index in [1.807, 2.05) is 0 Å². The van der Waals surface area contributed by atoms with Crippen LogP contribution in [0, 0.1) is 17.8 Å². The van der Waals surface area contributed by atoms with Gasteiger partial charge in [0.05, 0.1) is 0 Å². The van der Waals surface area contributed by atoms with Crippen LogP contribution in [-0.2, 0) is 5.41 Å². The quantitative estimate of drug-likeness (QED) is 0.541. The Morgan fingerprint density at radius 3 is 1.57 bits per heavy atom. The zero-order valence-electron chi connectivity index (χ0n) is 15.6. The van der Waals surface area contributed by atoms with Gasteiger partial charge >= 0.3 is 0 Å². The third kappa shape index (κ3) is 3.68. The number of hydrogen-bond acceptors (Lipinski definition) is 0. The van der Waals surface area contributed by atoms with Gasteiger partial charge in [-0.05, 0) is 40.9 Å². The molecule has 23 heavy (non-hydrogen) atoms. The van der Waals surface area contributed by atoms with Gasteiger partial charge in [-0.2, -0.15) is 0 Å². The fourth-order valence-electron chi connectivity index (χ4n) is 4.20. The van der Waals surface area contributed by atoms with Gasteiger partial charge in [-0.25, -0.2) is 0 Å². The number of benzene rings is 2. The van der Waals surface area contributed by atoms with E-state index in [-0.39, 0.29) is 5.41 Å². The molecule has 0 heteroatoms. The van der Waals surface area contributed by atoms with Crippen LogP contribution in [0.15, 0.2) is 54.6 Å². The predicted octanol–water partition coefficient (Wildman–Crippen LogP) is 6.95. The minimum atomic E-state index is 0.253. The van der Waals surface area contributed by atoms with Gasteiger partial charge < -0.3 is 0 Å². The van der Waals surface area contributed by atoms with E-state index in [9.17, 15) is 0 Å². The Balaban J connectivity index is 2.44. The van der Waals surface area contributed by atoms with Crippen molar-refractivity contribution in [2.75, 3.05) is 0 Å². The van der Waals surface area contributed by atoms with Crippen molar-refractivity contribution in [3.8, 4) is 11.1 Å². The predicted molar refractivity (Wildman–Crippen MR) is 103 cm³/mol. The lowest BCUT2D eigenvalue weighted by atomic mass is 9.61. The summed E-state index contributed by atoms with van der Waals surface area (Å²) in [5.41, 5.74) is 4.35. The Labute approximate surface area is 143 Å². The first-order valence-corrected chi connectivity index (χ1v) is 9.04. The van der Waals surface area contributed by atoms with Crippen molar-refractivity contribution >= 4 is 0 Å². The molecule has 0 spiro atoms. The van der Waals surface area contributed by atoms with E-state index in [0.29, 0.717) is 17.8 Å². The van der Waals surface area contributed by atoms with Crippen LogP contribution in [0.25, 0.3) is 11.1 Å². The second kappa shape index (κ2) is 7.34. The van der Waals surface area contributed by atoms with Crippen molar-refractivity contribution in [2.45, 2.75) is 53.4 Å². The van der Waals surface area contributed by atoms with Gasteiger partial charge in [0.1, 0.15) is 0 Å². The summed E-state index contributed by atoms with van der Waals surface area (Å²) >= 11 is 0. The minimum absolute atomic E-state index is 0.253. The zero-order valence-corrected chi connectivity index (χ0v) is 15.6. The van der Waals surface area contributed by atoms with E-state index >= 15 is 0 Å². The van der Waals surface area contributed by atoms with Crippen LogP contribution in [0.1, 0.15) is 53.5 Å². The first-order valence-electron chi connectivity index (χ1n) is 9.04. The third-order valence-corrected chi connectivity index (χ3v) is 5.34. The van der Waals surface area contributed by atoms with E-state index in [0.717, 1.165) is 0 Å². The summed E-state index contributed by atoms with van der Waals surface area (Å²) in [5.74, 6) is 1.97. The van der Waals surface area contributed by atoms with Gasteiger partial charge in [-0.3, -0.25) is 0 Å². The van der Waals surface area contributed by atoms with Crippen LogP contribution >= 0.6 is 0 Å². The van der Waals surface area contributed by atoms with Crippen molar-refractivity contribution < 1.29 is 0 Å². The number of hydrogen-bond donors (Lipinski definition) is 0. The van der Waals surface area contributed by atoms with E-state index in [1.165, 1.54) is 23.1 Å². The molecule has 0 heterocycles. The molecule has 0 saturated carbocycles. The molecule has 0 saturated heterocycles. The molecule has 0 nitrogen and oxygen atoms in total. The Morgan fingerprint density at radius 1 is 0.652 bits per heavy atom. The van der Waals surface area contributed by atoms with Gasteiger partial charge in [-0.1, -0.05) is 96.1 Å². The van der Waals surface area contributed by atoms with Gasteiger partial charge in [0.15, 0.2) is 0 Å². The molecule has 0 amide bonds. The lowest BCUT2D eigenvalue weighted by molar-refractivity contribution is 0.178. The highest BCUT2D eigenvalue weighted by Gasteiger charge is 2.39. The van der Waals surface area contributed by atoms with Crippen molar-refractivity contribution in [3.63, 3.8) is 0 Å². The Kier molecular flexibility index (Phi) is 5.68. The summed E-state index contributed by atoms with van der Waals surface area (Å²) in [6.45, 7) is 14.2. The van der Waals surface area contributed by atoms with E-state index in [1.54, 1.807) is 0 Å². The molecule has 0 radical (unpaired) electrons. The van der Waals surface area contributed by atoms with Crippen molar-refractivity contribution in [1.29, 1.82) is 0 Å². The Hall–Kier alpha value is -1.56. The third-order valence-electron chi connectivity index (χ3n) is 5.34. The average Bonchev–Trinajstić information content (AvgIpc) is 2.53. The summed E-state index contributed by atoms with van der Waals surface area (Å²) < 4.78 is 0. The van der Waals surface area contributed by atoms with Gasteiger partial charge in [0.2, 0.25) is 0 Å². The molecular weight excluding hydrogens is 276 g/mol. The van der Waals surface area contributed by atoms with Crippen molar-refractivity contribution in [1.82, 2.24) is 0 Å². The highest BCUT2D eigenvalue weighted by Crippen LogP contribution is 2.44. The molecule has 0 bridgehead atoms. The molecule has 0 aromatic heterocycles. The zero-order chi connectivity index (χ0) is 17.0. The molecule has 0 N–H and O–H groups in total. The smallest absolute Gasteiger partial charge is 0.000138 e.